The van der Waals surface area contributed by atoms with Gasteiger partial charge in [-0.1, -0.05) is 265 Å². The fraction of sp³-hybridized carbons (Fsp3) is 0.151. The number of hydrogen-bond acceptors (Lipinski definition) is 3. The molecule has 21 rings (SSSR count). The van der Waals surface area contributed by atoms with Crippen LogP contribution in [0.5, 0.6) is 0 Å². The summed E-state index contributed by atoms with van der Waals surface area (Å²) in [4.78, 5) is 7.80. The summed E-state index contributed by atoms with van der Waals surface area (Å²) in [6, 6.07) is 122. The quantitative estimate of drug-likeness (QED) is 0.117. The minimum absolute atomic E-state index is 0.0598. The topological polar surface area (TPSA) is 19.6 Å². The third-order valence-electron chi connectivity index (χ3n) is 24.8. The molecule has 0 bridgehead atoms. The van der Waals surface area contributed by atoms with Crippen LogP contribution < -0.4 is 31.1 Å². The smallest absolute Gasteiger partial charge is 0.252 e. The summed E-state index contributed by atoms with van der Waals surface area (Å²) in [6.07, 6.45) is 0. The van der Waals surface area contributed by atoms with Gasteiger partial charge >= 0.3 is 0 Å². The Morgan fingerprint density at radius 1 is 0.214 bits per heavy atom. The molecule has 5 nitrogen and oxygen atoms in total. The molecule has 0 fully saturated rings. The molecule has 4 heterocycles. The maximum Gasteiger partial charge on any atom is 0.252 e. The van der Waals surface area contributed by atoms with Crippen molar-refractivity contribution in [1.29, 1.82) is 0 Å². The first-order valence-electron chi connectivity index (χ1n) is 39.9. The Kier molecular flexibility index (Phi) is 14.7. The number of nitrogens with zero attached hydrogens (tertiary/aromatic N) is 5. The van der Waals surface area contributed by atoms with Gasteiger partial charge in [0, 0.05) is 78.4 Å². The second-order valence-electron chi connectivity index (χ2n) is 35.7. The van der Waals surface area contributed by atoms with Crippen molar-refractivity contribution in [3.8, 4) is 11.4 Å². The molecule has 0 N–H and O–H groups in total. The van der Waals surface area contributed by atoms with E-state index in [2.05, 4.69) is 422 Å². The van der Waals surface area contributed by atoms with Crippen LogP contribution in [0.1, 0.15) is 105 Å². The molecule has 2 aliphatic rings. The van der Waals surface area contributed by atoms with E-state index >= 15 is 0 Å². The summed E-state index contributed by atoms with van der Waals surface area (Å²) in [6.45, 7) is 27.8. The van der Waals surface area contributed by atoms with Gasteiger partial charge in [-0.25, -0.2) is 0 Å². The number of para-hydroxylation sites is 2. The highest BCUT2D eigenvalue weighted by Crippen LogP contribution is 2.52. The van der Waals surface area contributed by atoms with E-state index in [1.54, 1.807) is 0 Å². The van der Waals surface area contributed by atoms with E-state index in [4.69, 9.17) is 0 Å². The summed E-state index contributed by atoms with van der Waals surface area (Å²) in [5.74, 6) is 0. The van der Waals surface area contributed by atoms with Crippen molar-refractivity contribution in [3.63, 3.8) is 0 Å². The highest BCUT2D eigenvalue weighted by Gasteiger charge is 2.45. The Bertz CT molecular complexity index is 6550. The molecular weight excluding hydrogens is 1350 g/mol. The molecule has 0 spiro atoms. The SMILES string of the molecule is CC(C)(C)c1ccc2c(c1)c1cc(C(C)(C)C)ccc1n2-c1ccc2c(c1)N(c1ccc3c4ccccc4c4ccccc4c3c1)c1cc(N(c3ccccc3)c3ccccc3)cc3c1B2c1ccc(-n2c4ccc(C(C)(C)C)cc4c4cc(C(C)(C)C)ccc42)cc1N3c1ccc2c3ccccc3c3ccccc3c2c1. The molecule has 0 amide bonds. The predicted molar refractivity (Wildman–Crippen MR) is 484 cm³/mol. The molecule has 17 aromatic carbocycles. The zero-order chi connectivity index (χ0) is 76.2. The molecule has 0 saturated carbocycles. The number of rotatable bonds is 7. The number of fused-ring (bicyclic) bond motifs is 22. The fourth-order valence-corrected chi connectivity index (χ4v) is 19.1. The van der Waals surface area contributed by atoms with Crippen LogP contribution >= 0.6 is 0 Å². The van der Waals surface area contributed by atoms with Crippen LogP contribution in [0.25, 0.3) is 120 Å². The second-order valence-corrected chi connectivity index (χ2v) is 35.7. The van der Waals surface area contributed by atoms with Gasteiger partial charge in [-0.2, -0.15) is 0 Å². The normalized spacial score (nSPS) is 13.3. The van der Waals surface area contributed by atoms with Gasteiger partial charge in [0.25, 0.3) is 6.71 Å². The fourth-order valence-electron chi connectivity index (χ4n) is 19.1. The predicted octanol–water partition coefficient (Wildman–Crippen LogP) is 27.5. The lowest BCUT2D eigenvalue weighted by molar-refractivity contribution is 0.590. The average Bonchev–Trinajstić information content (AvgIpc) is 0.739. The van der Waals surface area contributed by atoms with Gasteiger partial charge in [0.1, 0.15) is 0 Å². The lowest BCUT2D eigenvalue weighted by atomic mass is 9.33. The number of hydrogen-bond donors (Lipinski definition) is 0. The maximum absolute atomic E-state index is 2.66. The summed E-state index contributed by atoms with van der Waals surface area (Å²) < 4.78 is 5.12. The number of aromatic nitrogens is 2. The summed E-state index contributed by atoms with van der Waals surface area (Å²) >= 11 is 0. The lowest BCUT2D eigenvalue weighted by Crippen LogP contribution is -2.61. The van der Waals surface area contributed by atoms with E-state index in [-0.39, 0.29) is 28.4 Å². The van der Waals surface area contributed by atoms with Crippen molar-refractivity contribution >= 4 is 183 Å². The first-order valence-corrected chi connectivity index (χ1v) is 39.9. The van der Waals surface area contributed by atoms with E-state index in [0.29, 0.717) is 0 Å². The Hall–Kier alpha value is -12.6. The molecule has 0 unspecified atom stereocenters. The van der Waals surface area contributed by atoms with Crippen LogP contribution in [0.2, 0.25) is 0 Å². The zero-order valence-corrected chi connectivity index (χ0v) is 65.8. The molecule has 6 heteroatoms. The lowest BCUT2D eigenvalue weighted by Gasteiger charge is -2.45. The largest absolute Gasteiger partial charge is 0.311 e. The molecule has 0 atom stereocenters. The van der Waals surface area contributed by atoms with Gasteiger partial charge in [0.15, 0.2) is 0 Å². The molecule has 540 valence electrons. The number of benzene rings is 17. The van der Waals surface area contributed by atoms with Crippen molar-refractivity contribution in [1.82, 2.24) is 9.13 Å². The summed E-state index contributed by atoms with van der Waals surface area (Å²) in [5, 5.41) is 19.9. The first-order chi connectivity index (χ1) is 54.1. The Morgan fingerprint density at radius 3 is 0.795 bits per heavy atom. The molecule has 112 heavy (non-hydrogen) atoms. The van der Waals surface area contributed by atoms with E-state index < -0.39 is 0 Å². The first kappa shape index (κ1) is 67.5. The molecule has 2 aromatic heterocycles. The van der Waals surface area contributed by atoms with Crippen LogP contribution in [0, 0.1) is 0 Å². The monoisotopic (exact) mass is 1440 g/mol. The summed E-state index contributed by atoms with van der Waals surface area (Å²) in [5.41, 5.74) is 25.4. The van der Waals surface area contributed by atoms with Gasteiger partial charge in [0.05, 0.1) is 27.8 Å². The van der Waals surface area contributed by atoms with Gasteiger partial charge in [0.2, 0.25) is 0 Å². The van der Waals surface area contributed by atoms with Crippen LogP contribution in [0.3, 0.4) is 0 Å². The number of anilines is 9. The van der Waals surface area contributed by atoms with Gasteiger partial charge < -0.3 is 23.8 Å². The third kappa shape index (κ3) is 10.4. The van der Waals surface area contributed by atoms with E-state index in [1.165, 1.54) is 147 Å². The van der Waals surface area contributed by atoms with Gasteiger partial charge in [-0.05, 0) is 258 Å². The Balaban J connectivity index is 0.914. The van der Waals surface area contributed by atoms with E-state index in [1.807, 2.05) is 0 Å². The minimum atomic E-state index is -0.249. The van der Waals surface area contributed by atoms with Crippen LogP contribution in [-0.4, -0.2) is 15.8 Å². The standard InChI is InChI=1S/C106H88BN5/c1-103(2,3)65-39-51-94-88(55-65)89-56-66(104(4,5)6)40-52-95(89)109(94)73-45-49-92-98(61-73)111(71-43-47-84-80-35-21-19-31-76(80)78-33-23-25-37-82(78)86(84)59-71)100-63-75(108(69-27-15-13-16-28-69)70-29-17-14-18-30-70)64-101-102(100)107(92)93-50-46-74(110-96-53-41-67(105(7,8)9)57-90(96)91-58-68(106(10,11)12)42-54-97(91)110)62-99(93)112(101)72-44-48-85-81-36-22-20-32-77(81)79-34-24-26-38-83(79)87(85)60-72/h13-64H,1-12H3. The molecule has 0 saturated heterocycles. The molecule has 19 aromatic rings. The second kappa shape index (κ2) is 24.4. The third-order valence-corrected chi connectivity index (χ3v) is 24.8. The van der Waals surface area contributed by atoms with Crippen LogP contribution in [-0.2, 0) is 21.7 Å². The van der Waals surface area contributed by atoms with Crippen LogP contribution in [0.15, 0.2) is 315 Å². The molecule has 0 radical (unpaired) electrons. The maximum atomic E-state index is 2.66. The van der Waals surface area contributed by atoms with Gasteiger partial charge in [-0.15, -0.1) is 0 Å². The highest BCUT2D eigenvalue weighted by atomic mass is 15.2. The van der Waals surface area contributed by atoms with E-state index in [9.17, 15) is 0 Å². The van der Waals surface area contributed by atoms with Crippen molar-refractivity contribution < 1.29 is 0 Å². The van der Waals surface area contributed by atoms with E-state index in [0.717, 1.165) is 62.6 Å². The van der Waals surface area contributed by atoms with Crippen molar-refractivity contribution in [2.45, 2.75) is 105 Å². The molecule has 0 aliphatic carbocycles. The van der Waals surface area contributed by atoms with Gasteiger partial charge in [-0.3, -0.25) is 0 Å². The van der Waals surface area contributed by atoms with Crippen molar-refractivity contribution in [2.75, 3.05) is 14.7 Å². The molecular formula is C106H88BN5. The molecule has 2 aliphatic heterocycles. The minimum Gasteiger partial charge on any atom is -0.311 e. The Morgan fingerprint density at radius 2 is 0.491 bits per heavy atom. The average molecular weight is 1440 g/mol. The zero-order valence-electron chi connectivity index (χ0n) is 65.8. The Labute approximate surface area is 655 Å². The van der Waals surface area contributed by atoms with Crippen molar-refractivity contribution in [3.05, 3.63) is 338 Å². The van der Waals surface area contributed by atoms with Crippen molar-refractivity contribution in [2.24, 2.45) is 0 Å². The summed E-state index contributed by atoms with van der Waals surface area (Å²) in [7, 11) is 0. The van der Waals surface area contributed by atoms with Crippen LogP contribution in [0.4, 0.5) is 51.2 Å². The highest BCUT2D eigenvalue weighted by molar-refractivity contribution is 7.00.